The number of benzene rings is 1. The van der Waals surface area contributed by atoms with Crippen molar-refractivity contribution in [3.8, 4) is 0 Å². The number of hydrogen-bond acceptors (Lipinski definition) is 4. The third-order valence-electron chi connectivity index (χ3n) is 2.19. The SMILES string of the molecule is COC(=O)c1cccc(C(N)=NCCC(=O)O)c1. The lowest BCUT2D eigenvalue weighted by Crippen LogP contribution is -2.15. The van der Waals surface area contributed by atoms with Crippen LogP contribution in [0.15, 0.2) is 29.3 Å². The minimum Gasteiger partial charge on any atom is -0.481 e. The van der Waals surface area contributed by atoms with E-state index in [1.54, 1.807) is 24.3 Å². The topological polar surface area (TPSA) is 102 Å². The third-order valence-corrected chi connectivity index (χ3v) is 2.19. The summed E-state index contributed by atoms with van der Waals surface area (Å²) < 4.78 is 4.59. The van der Waals surface area contributed by atoms with Crippen LogP contribution < -0.4 is 5.73 Å². The Morgan fingerprint density at radius 1 is 1.39 bits per heavy atom. The largest absolute Gasteiger partial charge is 0.481 e. The molecule has 0 saturated heterocycles. The molecule has 1 aromatic rings. The number of carbonyl (C=O) groups is 2. The highest BCUT2D eigenvalue weighted by atomic mass is 16.5. The van der Waals surface area contributed by atoms with Crippen molar-refractivity contribution in [2.75, 3.05) is 13.7 Å². The Morgan fingerprint density at radius 3 is 2.67 bits per heavy atom. The predicted molar refractivity (Wildman–Crippen MR) is 65.6 cm³/mol. The average Bonchev–Trinajstić information content (AvgIpc) is 2.37. The molecule has 0 fully saturated rings. The van der Waals surface area contributed by atoms with Gasteiger partial charge in [0.1, 0.15) is 5.84 Å². The zero-order valence-corrected chi connectivity index (χ0v) is 9.92. The minimum atomic E-state index is -0.935. The van der Waals surface area contributed by atoms with E-state index in [-0.39, 0.29) is 18.8 Å². The first-order valence-electron chi connectivity index (χ1n) is 5.25. The molecule has 6 nitrogen and oxygen atoms in total. The van der Waals surface area contributed by atoms with Crippen molar-refractivity contribution in [3.63, 3.8) is 0 Å². The van der Waals surface area contributed by atoms with E-state index in [0.29, 0.717) is 11.1 Å². The molecule has 0 spiro atoms. The minimum absolute atomic E-state index is 0.0859. The van der Waals surface area contributed by atoms with Crippen molar-refractivity contribution >= 4 is 17.8 Å². The van der Waals surface area contributed by atoms with Crippen LogP contribution in [0.2, 0.25) is 0 Å². The van der Waals surface area contributed by atoms with Gasteiger partial charge in [-0.05, 0) is 12.1 Å². The molecule has 18 heavy (non-hydrogen) atoms. The summed E-state index contributed by atoms with van der Waals surface area (Å²) in [7, 11) is 1.29. The second kappa shape index (κ2) is 6.39. The van der Waals surface area contributed by atoms with Gasteiger partial charge in [0.2, 0.25) is 0 Å². The van der Waals surface area contributed by atoms with Crippen LogP contribution >= 0.6 is 0 Å². The summed E-state index contributed by atoms with van der Waals surface area (Å²) in [6.45, 7) is 0.101. The smallest absolute Gasteiger partial charge is 0.337 e. The summed E-state index contributed by atoms with van der Waals surface area (Å²) >= 11 is 0. The number of rotatable bonds is 5. The van der Waals surface area contributed by atoms with Crippen LogP contribution in [0.3, 0.4) is 0 Å². The fourth-order valence-corrected chi connectivity index (χ4v) is 1.29. The summed E-state index contributed by atoms with van der Waals surface area (Å²) in [6, 6.07) is 6.48. The molecule has 3 N–H and O–H groups in total. The van der Waals surface area contributed by atoms with Crippen LogP contribution in [-0.2, 0) is 9.53 Å². The molecular weight excluding hydrogens is 236 g/mol. The van der Waals surface area contributed by atoms with E-state index in [1.807, 2.05) is 0 Å². The lowest BCUT2D eigenvalue weighted by Gasteiger charge is -2.03. The highest BCUT2D eigenvalue weighted by Crippen LogP contribution is 2.06. The lowest BCUT2D eigenvalue weighted by molar-refractivity contribution is -0.136. The maximum atomic E-state index is 11.3. The molecule has 0 unspecified atom stereocenters. The number of amidine groups is 1. The molecule has 1 aromatic carbocycles. The molecule has 0 aliphatic heterocycles. The maximum absolute atomic E-state index is 11.3. The molecule has 0 aromatic heterocycles. The average molecular weight is 250 g/mol. The molecule has 0 radical (unpaired) electrons. The van der Waals surface area contributed by atoms with Crippen LogP contribution in [0, 0.1) is 0 Å². The number of nitrogens with zero attached hydrogens (tertiary/aromatic N) is 1. The van der Waals surface area contributed by atoms with Gasteiger partial charge in [0.25, 0.3) is 0 Å². The van der Waals surface area contributed by atoms with Crippen molar-refractivity contribution in [1.82, 2.24) is 0 Å². The zero-order chi connectivity index (χ0) is 13.5. The summed E-state index contributed by atoms with van der Waals surface area (Å²) in [5.41, 5.74) is 6.62. The molecule has 0 heterocycles. The fourth-order valence-electron chi connectivity index (χ4n) is 1.29. The van der Waals surface area contributed by atoms with Gasteiger partial charge in [0.05, 0.1) is 25.6 Å². The first-order chi connectivity index (χ1) is 8.54. The molecule has 96 valence electrons. The monoisotopic (exact) mass is 250 g/mol. The van der Waals surface area contributed by atoms with E-state index in [2.05, 4.69) is 9.73 Å². The Morgan fingerprint density at radius 2 is 2.06 bits per heavy atom. The molecule has 0 amide bonds. The van der Waals surface area contributed by atoms with Gasteiger partial charge in [-0.15, -0.1) is 0 Å². The number of carbonyl (C=O) groups excluding carboxylic acids is 1. The summed E-state index contributed by atoms with van der Waals surface area (Å²) in [5.74, 6) is -1.20. The zero-order valence-electron chi connectivity index (χ0n) is 9.92. The van der Waals surface area contributed by atoms with Gasteiger partial charge in [-0.1, -0.05) is 12.1 Å². The normalized spacial score (nSPS) is 11.1. The number of carboxylic acid groups (broad SMARTS) is 1. The summed E-state index contributed by atoms with van der Waals surface area (Å²) in [4.78, 5) is 25.6. The molecule has 6 heteroatoms. The fraction of sp³-hybridized carbons (Fsp3) is 0.250. The molecule has 0 atom stereocenters. The van der Waals surface area contributed by atoms with E-state index in [1.165, 1.54) is 7.11 Å². The molecule has 0 aliphatic carbocycles. The van der Waals surface area contributed by atoms with Crippen LogP contribution in [0.4, 0.5) is 0 Å². The number of nitrogens with two attached hydrogens (primary N) is 1. The van der Waals surface area contributed by atoms with Crippen molar-refractivity contribution in [3.05, 3.63) is 35.4 Å². The first kappa shape index (κ1) is 13.7. The number of aliphatic imine (C=N–C) groups is 1. The van der Waals surface area contributed by atoms with Gasteiger partial charge < -0.3 is 15.6 Å². The molecule has 0 bridgehead atoms. The standard InChI is InChI=1S/C12H14N2O4/c1-18-12(17)9-4-2-3-8(7-9)11(13)14-6-5-10(15)16/h2-4,7H,5-6H2,1H3,(H2,13,14)(H,15,16). The number of methoxy groups -OCH3 is 1. The predicted octanol–water partition coefficient (Wildman–Crippen LogP) is 0.653. The number of carboxylic acids is 1. The van der Waals surface area contributed by atoms with Crippen LogP contribution in [0.25, 0.3) is 0 Å². The molecular formula is C12H14N2O4. The van der Waals surface area contributed by atoms with E-state index in [9.17, 15) is 9.59 Å². The number of aliphatic carboxylic acids is 1. The maximum Gasteiger partial charge on any atom is 0.337 e. The van der Waals surface area contributed by atoms with E-state index in [0.717, 1.165) is 0 Å². The molecule has 0 aliphatic rings. The number of ether oxygens (including phenoxy) is 1. The van der Waals surface area contributed by atoms with Gasteiger partial charge in [0.15, 0.2) is 0 Å². The van der Waals surface area contributed by atoms with Gasteiger partial charge in [-0.25, -0.2) is 4.79 Å². The molecule has 1 rings (SSSR count). The quantitative estimate of drug-likeness (QED) is 0.454. The van der Waals surface area contributed by atoms with E-state index >= 15 is 0 Å². The van der Waals surface area contributed by atoms with Gasteiger partial charge in [-0.2, -0.15) is 0 Å². The second-order valence-electron chi connectivity index (χ2n) is 3.48. The van der Waals surface area contributed by atoms with Crippen molar-refractivity contribution in [1.29, 1.82) is 0 Å². The van der Waals surface area contributed by atoms with E-state index < -0.39 is 11.9 Å². The van der Waals surface area contributed by atoms with Gasteiger partial charge in [0, 0.05) is 5.56 Å². The van der Waals surface area contributed by atoms with Gasteiger partial charge >= 0.3 is 11.9 Å². The second-order valence-corrected chi connectivity index (χ2v) is 3.48. The van der Waals surface area contributed by atoms with Crippen molar-refractivity contribution < 1.29 is 19.4 Å². The van der Waals surface area contributed by atoms with Crippen LogP contribution in [0.5, 0.6) is 0 Å². The van der Waals surface area contributed by atoms with Gasteiger partial charge in [-0.3, -0.25) is 9.79 Å². The van der Waals surface area contributed by atoms with Crippen molar-refractivity contribution in [2.24, 2.45) is 10.7 Å². The van der Waals surface area contributed by atoms with Crippen LogP contribution in [-0.4, -0.2) is 36.5 Å². The summed E-state index contributed by atoms with van der Waals surface area (Å²) in [6.07, 6.45) is -0.0859. The van der Waals surface area contributed by atoms with Crippen molar-refractivity contribution in [2.45, 2.75) is 6.42 Å². The highest BCUT2D eigenvalue weighted by Gasteiger charge is 2.07. The molecule has 0 saturated carbocycles. The number of esters is 1. The number of hydrogen-bond donors (Lipinski definition) is 2. The Balaban J connectivity index is 2.82. The third kappa shape index (κ3) is 3.89. The van der Waals surface area contributed by atoms with E-state index in [4.69, 9.17) is 10.8 Å². The Kier molecular flexibility index (Phi) is 4.86. The first-order valence-corrected chi connectivity index (χ1v) is 5.25. The Labute approximate surface area is 104 Å². The Bertz CT molecular complexity index is 483. The van der Waals surface area contributed by atoms with Crippen LogP contribution in [0.1, 0.15) is 22.3 Å². The highest BCUT2D eigenvalue weighted by molar-refractivity contribution is 6.00. The summed E-state index contributed by atoms with van der Waals surface area (Å²) in [5, 5.41) is 8.47. The lowest BCUT2D eigenvalue weighted by atomic mass is 10.1. The Hall–Kier alpha value is -2.37.